The molecule has 34 heavy (non-hydrogen) atoms. The third kappa shape index (κ3) is 5.13. The Bertz CT molecular complexity index is 1350. The van der Waals surface area contributed by atoms with Crippen molar-refractivity contribution in [3.05, 3.63) is 80.9 Å². The van der Waals surface area contributed by atoms with Crippen LogP contribution in [0.15, 0.2) is 68.4 Å². The van der Waals surface area contributed by atoms with Gasteiger partial charge in [-0.25, -0.2) is 4.79 Å². The number of halogens is 1. The van der Waals surface area contributed by atoms with Crippen LogP contribution in [0.25, 0.3) is 17.4 Å². The molecule has 0 bridgehead atoms. The van der Waals surface area contributed by atoms with Crippen LogP contribution in [0.1, 0.15) is 21.7 Å². The van der Waals surface area contributed by atoms with Gasteiger partial charge in [0.2, 0.25) is 5.91 Å². The van der Waals surface area contributed by atoms with Gasteiger partial charge in [-0.1, -0.05) is 22.0 Å². The van der Waals surface area contributed by atoms with E-state index in [-0.39, 0.29) is 10.5 Å². The molecule has 0 unspecified atom stereocenters. The predicted molar refractivity (Wildman–Crippen MR) is 131 cm³/mol. The Balaban J connectivity index is 1.48. The number of furan rings is 1. The molecule has 2 aromatic carbocycles. The molecule has 1 aliphatic rings. The SMILES string of the molecule is Cc1ccc(C(=O)O)cc1-c1ccc(/C=C2\SC(=O)N(CC(=O)Nc3ccc(Br)cc3)C2=O)o1. The monoisotopic (exact) mass is 540 g/mol. The van der Waals surface area contributed by atoms with Gasteiger partial charge in [-0.15, -0.1) is 0 Å². The van der Waals surface area contributed by atoms with Gasteiger partial charge in [0, 0.05) is 21.8 Å². The lowest BCUT2D eigenvalue weighted by Crippen LogP contribution is -2.36. The third-order valence-corrected chi connectivity index (χ3v) is 6.39. The van der Waals surface area contributed by atoms with Gasteiger partial charge in [-0.05, 0) is 72.8 Å². The molecule has 0 spiro atoms. The molecule has 2 heterocycles. The van der Waals surface area contributed by atoms with Gasteiger partial charge >= 0.3 is 5.97 Å². The molecule has 1 saturated heterocycles. The van der Waals surface area contributed by atoms with Crippen LogP contribution in [0.3, 0.4) is 0 Å². The topological polar surface area (TPSA) is 117 Å². The smallest absolute Gasteiger partial charge is 0.335 e. The molecule has 10 heteroatoms. The number of carboxylic acid groups (broad SMARTS) is 1. The average molecular weight is 541 g/mol. The summed E-state index contributed by atoms with van der Waals surface area (Å²) in [6, 6.07) is 14.9. The summed E-state index contributed by atoms with van der Waals surface area (Å²) in [5.74, 6) is -1.39. The summed E-state index contributed by atoms with van der Waals surface area (Å²) >= 11 is 4.02. The molecule has 3 aromatic rings. The highest BCUT2D eigenvalue weighted by atomic mass is 79.9. The van der Waals surface area contributed by atoms with Gasteiger partial charge < -0.3 is 14.8 Å². The zero-order valence-corrected chi connectivity index (χ0v) is 20.1. The first-order chi connectivity index (χ1) is 16.2. The number of imide groups is 1. The van der Waals surface area contributed by atoms with E-state index in [1.807, 2.05) is 6.92 Å². The van der Waals surface area contributed by atoms with E-state index < -0.39 is 29.6 Å². The molecule has 0 saturated carbocycles. The lowest BCUT2D eigenvalue weighted by Gasteiger charge is -2.12. The number of nitrogens with zero attached hydrogens (tertiary/aromatic N) is 1. The number of hydrogen-bond donors (Lipinski definition) is 2. The van der Waals surface area contributed by atoms with Gasteiger partial charge in [0.25, 0.3) is 11.1 Å². The third-order valence-electron chi connectivity index (χ3n) is 4.95. The number of carbonyl (C=O) groups excluding carboxylic acids is 3. The fourth-order valence-electron chi connectivity index (χ4n) is 3.24. The molecule has 3 amide bonds. The van der Waals surface area contributed by atoms with E-state index in [9.17, 15) is 24.3 Å². The predicted octanol–water partition coefficient (Wildman–Crippen LogP) is 5.39. The summed E-state index contributed by atoms with van der Waals surface area (Å²) in [5.41, 5.74) is 2.10. The van der Waals surface area contributed by atoms with E-state index in [1.165, 1.54) is 18.2 Å². The van der Waals surface area contributed by atoms with Crippen molar-refractivity contribution < 1.29 is 28.7 Å². The zero-order chi connectivity index (χ0) is 24.4. The number of carbonyl (C=O) groups is 4. The Hall–Kier alpha value is -3.63. The van der Waals surface area contributed by atoms with E-state index in [4.69, 9.17) is 4.42 Å². The van der Waals surface area contributed by atoms with Crippen LogP contribution in [0.4, 0.5) is 10.5 Å². The second-order valence-electron chi connectivity index (χ2n) is 7.36. The Labute approximate surface area is 206 Å². The maximum Gasteiger partial charge on any atom is 0.335 e. The highest BCUT2D eigenvalue weighted by Crippen LogP contribution is 2.34. The summed E-state index contributed by atoms with van der Waals surface area (Å²) in [6.07, 6.45) is 1.43. The molecule has 0 atom stereocenters. The van der Waals surface area contributed by atoms with E-state index >= 15 is 0 Å². The van der Waals surface area contributed by atoms with E-state index in [1.54, 1.807) is 42.5 Å². The van der Waals surface area contributed by atoms with Crippen LogP contribution < -0.4 is 5.32 Å². The summed E-state index contributed by atoms with van der Waals surface area (Å²) in [4.78, 5) is 49.7. The molecular formula is C24H17BrN2O6S. The van der Waals surface area contributed by atoms with Crippen molar-refractivity contribution in [3.63, 3.8) is 0 Å². The molecule has 1 fully saturated rings. The number of hydrogen-bond acceptors (Lipinski definition) is 6. The van der Waals surface area contributed by atoms with Crippen molar-refractivity contribution in [2.45, 2.75) is 6.92 Å². The number of nitrogens with one attached hydrogen (secondary N) is 1. The Kier molecular flexibility index (Phi) is 6.71. The van der Waals surface area contributed by atoms with Gasteiger partial charge in [0.15, 0.2) is 0 Å². The van der Waals surface area contributed by atoms with Crippen molar-refractivity contribution in [1.29, 1.82) is 0 Å². The summed E-state index contributed by atoms with van der Waals surface area (Å²) in [7, 11) is 0. The van der Waals surface area contributed by atoms with Crippen LogP contribution in [-0.4, -0.2) is 39.6 Å². The minimum Gasteiger partial charge on any atom is -0.478 e. The van der Waals surface area contributed by atoms with E-state index in [2.05, 4.69) is 21.2 Å². The van der Waals surface area contributed by atoms with Crippen LogP contribution in [0.2, 0.25) is 0 Å². The first kappa shape index (κ1) is 23.5. The number of rotatable bonds is 6. The second kappa shape index (κ2) is 9.70. The molecule has 8 nitrogen and oxygen atoms in total. The standard InChI is InChI=1S/C24H17BrN2O6S/c1-13-2-3-14(23(30)31)10-18(13)19-9-8-17(33-19)11-20-22(29)27(24(32)34-20)12-21(28)26-16-6-4-15(25)5-7-16/h2-11H,12H2,1H3,(H,26,28)(H,30,31)/b20-11-. The summed E-state index contributed by atoms with van der Waals surface area (Å²) < 4.78 is 6.64. The van der Waals surface area contributed by atoms with Crippen LogP contribution >= 0.6 is 27.7 Å². The van der Waals surface area contributed by atoms with Crippen molar-refractivity contribution in [3.8, 4) is 11.3 Å². The van der Waals surface area contributed by atoms with Gasteiger partial charge in [-0.2, -0.15) is 0 Å². The maximum atomic E-state index is 12.7. The minimum atomic E-state index is -1.05. The van der Waals surface area contributed by atoms with Crippen molar-refractivity contribution in [2.24, 2.45) is 0 Å². The second-order valence-corrected chi connectivity index (χ2v) is 9.27. The van der Waals surface area contributed by atoms with Gasteiger partial charge in [0.1, 0.15) is 18.1 Å². The van der Waals surface area contributed by atoms with Gasteiger partial charge in [-0.3, -0.25) is 19.3 Å². The lowest BCUT2D eigenvalue weighted by atomic mass is 10.0. The summed E-state index contributed by atoms with van der Waals surface area (Å²) in [5, 5.41) is 11.3. The Morgan fingerprint density at radius 1 is 1.12 bits per heavy atom. The molecule has 0 radical (unpaired) electrons. The highest BCUT2D eigenvalue weighted by molar-refractivity contribution is 9.10. The molecule has 172 valence electrons. The number of carboxylic acids is 1. The quantitative estimate of drug-likeness (QED) is 0.402. The van der Waals surface area contributed by atoms with Crippen molar-refractivity contribution in [1.82, 2.24) is 4.90 Å². The number of amides is 3. The number of anilines is 1. The van der Waals surface area contributed by atoms with Crippen molar-refractivity contribution >= 4 is 62.5 Å². The van der Waals surface area contributed by atoms with Crippen LogP contribution in [0, 0.1) is 6.92 Å². The maximum absolute atomic E-state index is 12.7. The average Bonchev–Trinajstić information content (AvgIpc) is 3.35. The number of benzene rings is 2. The first-order valence-corrected chi connectivity index (χ1v) is 11.6. The Morgan fingerprint density at radius 2 is 1.85 bits per heavy atom. The molecule has 4 rings (SSSR count). The zero-order valence-electron chi connectivity index (χ0n) is 17.7. The molecule has 1 aromatic heterocycles. The largest absolute Gasteiger partial charge is 0.478 e. The number of aryl methyl sites for hydroxylation is 1. The van der Waals surface area contributed by atoms with Gasteiger partial charge in [0.05, 0.1) is 10.5 Å². The Morgan fingerprint density at radius 3 is 2.56 bits per heavy atom. The highest BCUT2D eigenvalue weighted by Gasteiger charge is 2.36. The molecule has 2 N–H and O–H groups in total. The summed E-state index contributed by atoms with van der Waals surface area (Å²) in [6.45, 7) is 1.41. The van der Waals surface area contributed by atoms with Crippen LogP contribution in [0.5, 0.6) is 0 Å². The molecular weight excluding hydrogens is 524 g/mol. The lowest BCUT2D eigenvalue weighted by molar-refractivity contribution is -0.127. The van der Waals surface area contributed by atoms with E-state index in [0.717, 1.165) is 14.9 Å². The fraction of sp³-hybridized carbons (Fsp3) is 0.0833. The normalized spacial score (nSPS) is 14.6. The number of aromatic carboxylic acids is 1. The molecule has 1 aliphatic heterocycles. The number of thioether (sulfide) groups is 1. The minimum absolute atomic E-state index is 0.123. The van der Waals surface area contributed by atoms with Crippen LogP contribution in [-0.2, 0) is 9.59 Å². The first-order valence-electron chi connectivity index (χ1n) is 9.96. The fourth-order valence-corrected chi connectivity index (χ4v) is 4.32. The molecule has 0 aliphatic carbocycles. The van der Waals surface area contributed by atoms with E-state index in [0.29, 0.717) is 34.5 Å². The van der Waals surface area contributed by atoms with Crippen molar-refractivity contribution in [2.75, 3.05) is 11.9 Å².